The zero-order chi connectivity index (χ0) is 8.43. The van der Waals surface area contributed by atoms with Crippen LogP contribution in [0.1, 0.15) is 10.4 Å². The van der Waals surface area contributed by atoms with Crippen molar-refractivity contribution in [3.63, 3.8) is 0 Å². The molecule has 0 aliphatic heterocycles. The Kier molecular flexibility index (Phi) is 4.39. The minimum atomic E-state index is -0.535. The van der Waals surface area contributed by atoms with Crippen molar-refractivity contribution < 1.29 is 4.79 Å². The van der Waals surface area contributed by atoms with Crippen LogP contribution in [0.2, 0.25) is 5.02 Å². The molecule has 0 fully saturated rings. The molecule has 0 radical (unpaired) electrons. The number of nitrogens with two attached hydrogens (primary N) is 1. The number of benzene rings is 1. The highest BCUT2D eigenvalue weighted by Gasteiger charge is 2.03. The van der Waals surface area contributed by atoms with Gasteiger partial charge in [0.2, 0.25) is 0 Å². The van der Waals surface area contributed by atoms with Gasteiger partial charge in [-0.05, 0) is 29.8 Å². The molecule has 2 N–H and O–H groups in total. The molecule has 0 atom stereocenters. The Morgan fingerprint density at radius 1 is 1.42 bits per heavy atom. The van der Waals surface area contributed by atoms with Crippen LogP contribution >= 0.6 is 35.6 Å². The van der Waals surface area contributed by atoms with Gasteiger partial charge in [-0.3, -0.25) is 4.79 Å². The van der Waals surface area contributed by atoms with E-state index in [0.717, 1.165) is 0 Å². The lowest BCUT2D eigenvalue weighted by molar-refractivity contribution is 0.108. The fraction of sp³-hybridized carbons (Fsp3) is 0. The third-order valence-corrected chi connectivity index (χ3v) is 1.77. The Bertz CT molecular complexity index is 301. The average molecular weight is 226 g/mol. The molecule has 66 valence electrons. The van der Waals surface area contributed by atoms with Gasteiger partial charge in [0.25, 0.3) is 5.24 Å². The molecule has 1 aromatic carbocycles. The van der Waals surface area contributed by atoms with Gasteiger partial charge >= 0.3 is 0 Å². The van der Waals surface area contributed by atoms with Gasteiger partial charge in [0, 0.05) is 5.56 Å². The van der Waals surface area contributed by atoms with E-state index in [2.05, 4.69) is 0 Å². The van der Waals surface area contributed by atoms with E-state index in [1.165, 1.54) is 18.2 Å². The van der Waals surface area contributed by atoms with Gasteiger partial charge in [0.1, 0.15) is 0 Å². The van der Waals surface area contributed by atoms with Gasteiger partial charge < -0.3 is 5.73 Å². The van der Waals surface area contributed by atoms with Crippen LogP contribution in [0.4, 0.5) is 5.69 Å². The van der Waals surface area contributed by atoms with Crippen LogP contribution in [-0.2, 0) is 0 Å². The van der Waals surface area contributed by atoms with Crippen LogP contribution in [0.25, 0.3) is 0 Å². The maximum atomic E-state index is 10.6. The minimum Gasteiger partial charge on any atom is -0.398 e. The van der Waals surface area contributed by atoms with Crippen LogP contribution in [0.3, 0.4) is 0 Å². The molecule has 0 saturated carbocycles. The second-order valence-electron chi connectivity index (χ2n) is 2.01. The van der Waals surface area contributed by atoms with Crippen molar-refractivity contribution in [1.29, 1.82) is 0 Å². The highest BCUT2D eigenvalue weighted by atomic mass is 35.5. The second kappa shape index (κ2) is 4.55. The van der Waals surface area contributed by atoms with Crippen molar-refractivity contribution in [2.75, 3.05) is 5.73 Å². The van der Waals surface area contributed by atoms with Crippen molar-refractivity contribution in [2.45, 2.75) is 0 Å². The highest BCUT2D eigenvalue weighted by molar-refractivity contribution is 6.67. The summed E-state index contributed by atoms with van der Waals surface area (Å²) in [6, 6.07) is 4.50. The number of anilines is 1. The van der Waals surface area contributed by atoms with Crippen LogP contribution in [0.5, 0.6) is 0 Å². The van der Waals surface area contributed by atoms with Gasteiger partial charge in [0.05, 0.1) is 10.7 Å². The van der Waals surface area contributed by atoms with Crippen LogP contribution in [0, 0.1) is 0 Å². The lowest BCUT2D eigenvalue weighted by atomic mass is 10.2. The van der Waals surface area contributed by atoms with E-state index in [9.17, 15) is 4.79 Å². The van der Waals surface area contributed by atoms with Crippen molar-refractivity contribution in [1.82, 2.24) is 0 Å². The Morgan fingerprint density at radius 2 is 2.00 bits per heavy atom. The first-order valence-corrected chi connectivity index (χ1v) is 3.61. The normalized spacial score (nSPS) is 8.83. The van der Waals surface area contributed by atoms with Gasteiger partial charge in [-0.25, -0.2) is 0 Å². The van der Waals surface area contributed by atoms with Gasteiger partial charge in [0.15, 0.2) is 0 Å². The molecule has 0 aromatic heterocycles. The van der Waals surface area contributed by atoms with E-state index in [-0.39, 0.29) is 12.4 Å². The quantitative estimate of drug-likeness (QED) is 0.591. The molecule has 0 aliphatic carbocycles. The Morgan fingerprint density at radius 3 is 2.42 bits per heavy atom. The molecule has 5 heteroatoms. The molecule has 1 rings (SSSR count). The van der Waals surface area contributed by atoms with Crippen molar-refractivity contribution in [2.24, 2.45) is 0 Å². The van der Waals surface area contributed by atoms with Gasteiger partial charge in [-0.15, -0.1) is 12.4 Å². The highest BCUT2D eigenvalue weighted by Crippen LogP contribution is 2.20. The first-order valence-electron chi connectivity index (χ1n) is 2.86. The molecule has 0 unspecified atom stereocenters. The first kappa shape index (κ1) is 11.6. The smallest absolute Gasteiger partial charge is 0.252 e. The molecule has 2 nitrogen and oxygen atoms in total. The summed E-state index contributed by atoms with van der Waals surface area (Å²) in [4.78, 5) is 10.6. The molecule has 12 heavy (non-hydrogen) atoms. The number of halogens is 3. The molecule has 0 bridgehead atoms. The third kappa shape index (κ3) is 2.55. The van der Waals surface area contributed by atoms with Crippen LogP contribution in [0.15, 0.2) is 18.2 Å². The number of hydrogen-bond donors (Lipinski definition) is 1. The second-order valence-corrected chi connectivity index (χ2v) is 2.76. The van der Waals surface area contributed by atoms with E-state index in [4.69, 9.17) is 28.9 Å². The Balaban J connectivity index is 0.00000121. The lowest BCUT2D eigenvalue weighted by Crippen LogP contribution is -1.91. The largest absolute Gasteiger partial charge is 0.398 e. The Hall–Kier alpha value is -0.440. The predicted octanol–water partition coefficient (Wildman–Crippen LogP) is 2.72. The fourth-order valence-electron chi connectivity index (χ4n) is 0.649. The molecule has 0 spiro atoms. The number of nitrogen functional groups attached to an aromatic ring is 1. The predicted molar refractivity (Wildman–Crippen MR) is 53.3 cm³/mol. The first-order chi connectivity index (χ1) is 5.11. The van der Waals surface area contributed by atoms with Crippen molar-refractivity contribution in [3.8, 4) is 0 Å². The van der Waals surface area contributed by atoms with E-state index in [1.807, 2.05) is 0 Å². The zero-order valence-electron chi connectivity index (χ0n) is 5.88. The van der Waals surface area contributed by atoms with E-state index in [1.54, 1.807) is 0 Å². The monoisotopic (exact) mass is 225 g/mol. The molecular formula is C7H6Cl3NO. The van der Waals surface area contributed by atoms with Crippen molar-refractivity contribution in [3.05, 3.63) is 28.8 Å². The maximum Gasteiger partial charge on any atom is 0.252 e. The summed E-state index contributed by atoms with van der Waals surface area (Å²) in [5.74, 6) is 0. The third-order valence-electron chi connectivity index (χ3n) is 1.23. The van der Waals surface area contributed by atoms with E-state index < -0.39 is 5.24 Å². The number of carbonyl (C=O) groups excluding carboxylic acids is 1. The summed E-state index contributed by atoms with van der Waals surface area (Å²) < 4.78 is 0. The summed E-state index contributed by atoms with van der Waals surface area (Å²) in [6.45, 7) is 0. The summed E-state index contributed by atoms with van der Waals surface area (Å²) in [7, 11) is 0. The van der Waals surface area contributed by atoms with Gasteiger partial charge in [-0.2, -0.15) is 0 Å². The standard InChI is InChI=1S/C7H5Cl2NO.ClH/c8-5-3-4(7(9)11)1-2-6(5)10;/h1-3H,10H2;1H. The summed E-state index contributed by atoms with van der Waals surface area (Å²) in [5.41, 5.74) is 6.19. The number of hydrogen-bond acceptors (Lipinski definition) is 2. The van der Waals surface area contributed by atoms with E-state index in [0.29, 0.717) is 16.3 Å². The molecular weight excluding hydrogens is 220 g/mol. The Labute approximate surface area is 86.1 Å². The van der Waals surface area contributed by atoms with Crippen LogP contribution in [-0.4, -0.2) is 5.24 Å². The molecule has 0 aliphatic rings. The zero-order valence-corrected chi connectivity index (χ0v) is 8.21. The minimum absolute atomic E-state index is 0. The van der Waals surface area contributed by atoms with E-state index >= 15 is 0 Å². The number of carbonyl (C=O) groups is 1. The number of rotatable bonds is 1. The van der Waals surface area contributed by atoms with Gasteiger partial charge in [-0.1, -0.05) is 11.6 Å². The molecule has 0 heterocycles. The van der Waals surface area contributed by atoms with Crippen LogP contribution < -0.4 is 5.73 Å². The fourth-order valence-corrected chi connectivity index (χ4v) is 0.947. The molecule has 1 aromatic rings. The topological polar surface area (TPSA) is 43.1 Å². The lowest BCUT2D eigenvalue weighted by Gasteiger charge is -1.97. The maximum absolute atomic E-state index is 10.6. The summed E-state index contributed by atoms with van der Waals surface area (Å²) >= 11 is 10.8. The average Bonchev–Trinajstić information content (AvgIpc) is 1.94. The summed E-state index contributed by atoms with van der Waals surface area (Å²) in [6.07, 6.45) is 0. The molecule has 0 amide bonds. The SMILES string of the molecule is Cl.Nc1ccc(C(=O)Cl)cc1Cl. The van der Waals surface area contributed by atoms with Crippen molar-refractivity contribution >= 4 is 46.5 Å². The molecule has 0 saturated heterocycles. The summed E-state index contributed by atoms with van der Waals surface area (Å²) in [5, 5.41) is -0.191.